The van der Waals surface area contributed by atoms with Crippen molar-refractivity contribution in [2.75, 3.05) is 11.9 Å². The first-order valence-electron chi connectivity index (χ1n) is 9.43. The summed E-state index contributed by atoms with van der Waals surface area (Å²) in [4.78, 5) is 28.7. The van der Waals surface area contributed by atoms with Gasteiger partial charge in [0.05, 0.1) is 5.56 Å². The van der Waals surface area contributed by atoms with E-state index >= 15 is 0 Å². The minimum atomic E-state index is -0.248. The molecule has 1 aliphatic heterocycles. The minimum absolute atomic E-state index is 0.00353. The number of thiophene rings is 1. The highest BCUT2D eigenvalue weighted by Gasteiger charge is 2.29. The standard InChI is InChI=1S/C20H22N6O2S/c1-11-5-6-15(19(28)25-8-7-12(25)2)9-16(11)22-18(27)17-13(3)14(4)29-20(17)26-10-21-23-24-26/h5-6,9-10,12H,7-8H2,1-4H3,(H,22,27). The summed E-state index contributed by atoms with van der Waals surface area (Å²) in [7, 11) is 0. The molecule has 1 saturated heterocycles. The van der Waals surface area contributed by atoms with Gasteiger partial charge in [-0.25, -0.2) is 0 Å². The molecule has 2 aromatic heterocycles. The number of likely N-dealkylation sites (tertiary alicyclic amines) is 1. The van der Waals surface area contributed by atoms with E-state index in [1.165, 1.54) is 22.3 Å². The van der Waals surface area contributed by atoms with Crippen molar-refractivity contribution in [3.05, 3.63) is 51.7 Å². The lowest BCUT2D eigenvalue weighted by atomic mass is 10.0. The Bertz CT molecular complexity index is 1090. The summed E-state index contributed by atoms with van der Waals surface area (Å²) in [6, 6.07) is 5.69. The molecule has 1 atom stereocenters. The number of nitrogens with one attached hydrogen (secondary N) is 1. The van der Waals surface area contributed by atoms with E-state index in [-0.39, 0.29) is 17.9 Å². The molecular weight excluding hydrogens is 388 g/mol. The molecule has 3 aromatic rings. The fourth-order valence-corrected chi connectivity index (χ4v) is 4.42. The Balaban J connectivity index is 1.64. The second-order valence-electron chi connectivity index (χ2n) is 7.34. The molecule has 29 heavy (non-hydrogen) atoms. The van der Waals surface area contributed by atoms with E-state index in [4.69, 9.17) is 0 Å². The van der Waals surface area contributed by atoms with Gasteiger partial charge >= 0.3 is 0 Å². The Morgan fingerprint density at radius 2 is 2.03 bits per heavy atom. The summed E-state index contributed by atoms with van der Waals surface area (Å²) in [5, 5.41) is 14.9. The number of anilines is 1. The second kappa shape index (κ2) is 7.40. The molecule has 1 aliphatic rings. The zero-order chi connectivity index (χ0) is 20.7. The fraction of sp³-hybridized carbons (Fsp3) is 0.350. The highest BCUT2D eigenvalue weighted by Crippen LogP contribution is 2.31. The number of tetrazole rings is 1. The van der Waals surface area contributed by atoms with Crippen molar-refractivity contribution < 1.29 is 9.59 Å². The van der Waals surface area contributed by atoms with Gasteiger partial charge in [-0.2, -0.15) is 4.68 Å². The summed E-state index contributed by atoms with van der Waals surface area (Å²) >= 11 is 1.46. The summed E-state index contributed by atoms with van der Waals surface area (Å²) in [5.74, 6) is -0.251. The third-order valence-corrected chi connectivity index (χ3v) is 6.66. The van der Waals surface area contributed by atoms with E-state index in [9.17, 15) is 9.59 Å². The molecule has 1 aromatic carbocycles. The van der Waals surface area contributed by atoms with E-state index in [2.05, 4.69) is 20.8 Å². The highest BCUT2D eigenvalue weighted by atomic mass is 32.1. The molecule has 2 amide bonds. The molecule has 3 heterocycles. The van der Waals surface area contributed by atoms with E-state index in [1.54, 1.807) is 6.07 Å². The molecule has 4 rings (SSSR count). The van der Waals surface area contributed by atoms with Gasteiger partial charge in [-0.1, -0.05) is 6.07 Å². The number of hydrogen-bond acceptors (Lipinski definition) is 6. The number of hydrogen-bond donors (Lipinski definition) is 1. The maximum absolute atomic E-state index is 13.2. The zero-order valence-corrected chi connectivity index (χ0v) is 17.6. The number of carbonyl (C=O) groups is 2. The van der Waals surface area contributed by atoms with Gasteiger partial charge in [0, 0.05) is 28.7 Å². The van der Waals surface area contributed by atoms with Gasteiger partial charge in [0.25, 0.3) is 11.8 Å². The topological polar surface area (TPSA) is 93.0 Å². The first-order chi connectivity index (χ1) is 13.9. The van der Waals surface area contributed by atoms with E-state index in [0.29, 0.717) is 21.8 Å². The van der Waals surface area contributed by atoms with Crippen LogP contribution in [0.1, 0.15) is 50.1 Å². The first kappa shape index (κ1) is 19.3. The van der Waals surface area contributed by atoms with Crippen molar-refractivity contribution >= 4 is 28.8 Å². The highest BCUT2D eigenvalue weighted by molar-refractivity contribution is 7.15. The Labute approximate surface area is 172 Å². The molecule has 0 saturated carbocycles. The number of benzene rings is 1. The average molecular weight is 411 g/mol. The Morgan fingerprint density at radius 3 is 2.66 bits per heavy atom. The van der Waals surface area contributed by atoms with Crippen LogP contribution in [0.2, 0.25) is 0 Å². The summed E-state index contributed by atoms with van der Waals surface area (Å²) in [6.45, 7) is 8.60. The number of carbonyl (C=O) groups excluding carboxylic acids is 2. The van der Waals surface area contributed by atoms with Crippen LogP contribution in [0, 0.1) is 20.8 Å². The van der Waals surface area contributed by atoms with Crippen molar-refractivity contribution in [1.29, 1.82) is 0 Å². The van der Waals surface area contributed by atoms with Gasteiger partial charge in [-0.05, 0) is 67.8 Å². The molecule has 0 aliphatic carbocycles. The van der Waals surface area contributed by atoms with Crippen LogP contribution in [-0.2, 0) is 0 Å². The number of aromatic nitrogens is 4. The van der Waals surface area contributed by atoms with Crippen LogP contribution in [0.5, 0.6) is 0 Å². The molecule has 1 fully saturated rings. The minimum Gasteiger partial charge on any atom is -0.336 e. The Kier molecular flexibility index (Phi) is 4.91. The molecule has 0 bridgehead atoms. The second-order valence-corrected chi connectivity index (χ2v) is 8.54. The van der Waals surface area contributed by atoms with Gasteiger partial charge in [0.15, 0.2) is 0 Å². The summed E-state index contributed by atoms with van der Waals surface area (Å²) < 4.78 is 1.50. The van der Waals surface area contributed by atoms with Crippen LogP contribution < -0.4 is 5.32 Å². The zero-order valence-electron chi connectivity index (χ0n) is 16.8. The van der Waals surface area contributed by atoms with E-state index in [0.717, 1.165) is 29.0 Å². The van der Waals surface area contributed by atoms with Crippen LogP contribution in [0.15, 0.2) is 24.5 Å². The number of nitrogens with zero attached hydrogens (tertiary/aromatic N) is 5. The maximum atomic E-state index is 13.2. The Hall–Kier alpha value is -3.07. The SMILES string of the molecule is Cc1ccc(C(=O)N2CCC2C)cc1NC(=O)c1c(-n2cnnn2)sc(C)c1C. The maximum Gasteiger partial charge on any atom is 0.259 e. The van der Waals surface area contributed by atoms with Gasteiger partial charge in [0.1, 0.15) is 11.3 Å². The molecule has 1 N–H and O–H groups in total. The van der Waals surface area contributed by atoms with Crippen LogP contribution >= 0.6 is 11.3 Å². The predicted octanol–water partition coefficient (Wildman–Crippen LogP) is 3.14. The largest absolute Gasteiger partial charge is 0.336 e. The molecular formula is C20H22N6O2S. The van der Waals surface area contributed by atoms with Crippen molar-refractivity contribution in [3.63, 3.8) is 0 Å². The molecule has 8 nitrogen and oxygen atoms in total. The van der Waals surface area contributed by atoms with Gasteiger partial charge < -0.3 is 10.2 Å². The Morgan fingerprint density at radius 1 is 1.24 bits per heavy atom. The lowest BCUT2D eigenvalue weighted by Gasteiger charge is -2.38. The smallest absolute Gasteiger partial charge is 0.259 e. The lowest BCUT2D eigenvalue weighted by molar-refractivity contribution is 0.0502. The van der Waals surface area contributed by atoms with Crippen molar-refractivity contribution in [3.8, 4) is 5.00 Å². The molecule has 150 valence electrons. The number of amides is 2. The summed E-state index contributed by atoms with van der Waals surface area (Å²) in [5.41, 5.74) is 3.51. The van der Waals surface area contributed by atoms with Crippen LogP contribution in [0.3, 0.4) is 0 Å². The third kappa shape index (κ3) is 3.42. The monoisotopic (exact) mass is 410 g/mol. The number of aryl methyl sites for hydroxylation is 2. The van der Waals surface area contributed by atoms with E-state index in [1.807, 2.05) is 44.7 Å². The first-order valence-corrected chi connectivity index (χ1v) is 10.2. The number of rotatable bonds is 4. The molecule has 0 radical (unpaired) electrons. The molecule has 9 heteroatoms. The van der Waals surface area contributed by atoms with Gasteiger partial charge in [-0.15, -0.1) is 16.4 Å². The van der Waals surface area contributed by atoms with Crippen LogP contribution in [0.4, 0.5) is 5.69 Å². The average Bonchev–Trinajstić information content (AvgIpc) is 3.31. The third-order valence-electron chi connectivity index (χ3n) is 5.46. The van der Waals surface area contributed by atoms with Gasteiger partial charge in [0.2, 0.25) is 0 Å². The van der Waals surface area contributed by atoms with Crippen molar-refractivity contribution in [2.24, 2.45) is 0 Å². The molecule has 0 spiro atoms. The quantitative estimate of drug-likeness (QED) is 0.713. The predicted molar refractivity (Wildman–Crippen MR) is 111 cm³/mol. The van der Waals surface area contributed by atoms with E-state index < -0.39 is 0 Å². The van der Waals surface area contributed by atoms with Crippen LogP contribution in [-0.4, -0.2) is 49.5 Å². The van der Waals surface area contributed by atoms with Crippen molar-refractivity contribution in [1.82, 2.24) is 25.1 Å². The van der Waals surface area contributed by atoms with Crippen LogP contribution in [0.25, 0.3) is 5.00 Å². The molecule has 1 unspecified atom stereocenters. The fourth-order valence-electron chi connectivity index (χ4n) is 3.35. The van der Waals surface area contributed by atoms with Crippen molar-refractivity contribution in [2.45, 2.75) is 40.2 Å². The normalized spacial score (nSPS) is 15.9. The summed E-state index contributed by atoms with van der Waals surface area (Å²) in [6.07, 6.45) is 2.50. The van der Waals surface area contributed by atoms with Gasteiger partial charge in [-0.3, -0.25) is 9.59 Å². The lowest BCUT2D eigenvalue weighted by Crippen LogP contribution is -2.49.